The molecule has 0 radical (unpaired) electrons. The summed E-state index contributed by atoms with van der Waals surface area (Å²) in [5.41, 5.74) is 0.200. The lowest BCUT2D eigenvalue weighted by molar-refractivity contribution is -0.129. The monoisotopic (exact) mass is 368 g/mol. The topological polar surface area (TPSA) is 71.7 Å². The first kappa shape index (κ1) is 17.8. The predicted octanol–water partition coefficient (Wildman–Crippen LogP) is 1.82. The lowest BCUT2D eigenvalue weighted by Crippen LogP contribution is -2.46. The third kappa shape index (κ3) is 4.75. The van der Waals surface area contributed by atoms with Crippen LogP contribution in [0.25, 0.3) is 11.5 Å². The van der Waals surface area contributed by atoms with E-state index >= 15 is 0 Å². The molecule has 0 unspecified atom stereocenters. The Labute approximate surface area is 149 Å². The molecule has 1 aromatic heterocycles. The highest BCUT2D eigenvalue weighted by Crippen LogP contribution is 2.25. The average Bonchev–Trinajstić information content (AvgIpc) is 3.07. The second-order valence-corrected chi connectivity index (χ2v) is 6.15. The molecule has 1 aromatic carbocycles. The zero-order valence-corrected chi connectivity index (χ0v) is 14.3. The van der Waals surface area contributed by atoms with Crippen molar-refractivity contribution >= 4 is 18.1 Å². The van der Waals surface area contributed by atoms with Crippen LogP contribution < -0.4 is 0 Å². The van der Waals surface area contributed by atoms with E-state index in [2.05, 4.69) is 20.0 Å². The number of hydrogen-bond donors (Lipinski definition) is 0. The summed E-state index contributed by atoms with van der Waals surface area (Å²) in [4.78, 5) is 14.5. The van der Waals surface area contributed by atoms with Crippen LogP contribution in [-0.4, -0.2) is 65.8 Å². The maximum Gasteiger partial charge on any atom is 0.293 e. The number of hydrogen-bond acceptors (Lipinski definition) is 7. The first-order valence-corrected chi connectivity index (χ1v) is 8.31. The Kier molecular flexibility index (Phi) is 5.95. The zero-order valence-electron chi connectivity index (χ0n) is 13.5. The summed E-state index contributed by atoms with van der Waals surface area (Å²) in [5, 5.41) is 8.32. The molecular formula is C16H18ClFN4O3. The van der Waals surface area contributed by atoms with Crippen molar-refractivity contribution in [3.05, 3.63) is 34.9 Å². The normalized spacial score (nSPS) is 16.1. The fraction of sp³-hybridized carbons (Fsp3) is 0.438. The molecule has 0 amide bonds. The Balaban J connectivity index is 1.54. The van der Waals surface area contributed by atoms with Crippen LogP contribution in [0.3, 0.4) is 0 Å². The van der Waals surface area contributed by atoms with Crippen LogP contribution in [0.5, 0.6) is 0 Å². The first-order chi connectivity index (χ1) is 12.2. The number of carbonyl (C=O) groups is 1. The van der Waals surface area contributed by atoms with E-state index in [1.165, 1.54) is 18.2 Å². The number of aromatic nitrogens is 2. The number of nitrogens with zero attached hydrogens (tertiary/aromatic N) is 4. The van der Waals surface area contributed by atoms with Crippen molar-refractivity contribution in [1.29, 1.82) is 0 Å². The number of ether oxygens (including phenoxy) is 1. The molecule has 7 nitrogen and oxygen atoms in total. The molecule has 1 aliphatic rings. The average molecular weight is 369 g/mol. The molecule has 3 rings (SSSR count). The Morgan fingerprint density at radius 2 is 2.00 bits per heavy atom. The van der Waals surface area contributed by atoms with Crippen LogP contribution >= 0.6 is 11.6 Å². The highest BCUT2D eigenvalue weighted by Gasteiger charge is 2.20. The maximum atomic E-state index is 13.9. The second-order valence-electron chi connectivity index (χ2n) is 5.71. The molecule has 0 spiro atoms. The van der Waals surface area contributed by atoms with Gasteiger partial charge in [0.2, 0.25) is 5.89 Å². The molecule has 0 N–H and O–H groups in total. The first-order valence-electron chi connectivity index (χ1n) is 7.93. The van der Waals surface area contributed by atoms with Crippen molar-refractivity contribution in [2.75, 3.05) is 39.3 Å². The van der Waals surface area contributed by atoms with Gasteiger partial charge in [-0.2, -0.15) is 0 Å². The van der Waals surface area contributed by atoms with Crippen molar-refractivity contribution < 1.29 is 18.3 Å². The lowest BCUT2D eigenvalue weighted by atomic mass is 10.2. The number of benzene rings is 1. The fourth-order valence-electron chi connectivity index (χ4n) is 2.68. The molecule has 2 heterocycles. The summed E-state index contributed by atoms with van der Waals surface area (Å²) in [5.74, 6) is 0.109. The van der Waals surface area contributed by atoms with Crippen LogP contribution in [0, 0.1) is 5.82 Å². The third-order valence-corrected chi connectivity index (χ3v) is 4.28. The van der Waals surface area contributed by atoms with Gasteiger partial charge >= 0.3 is 0 Å². The molecule has 1 saturated heterocycles. The highest BCUT2D eigenvalue weighted by atomic mass is 35.5. The van der Waals surface area contributed by atoms with Crippen molar-refractivity contribution in [1.82, 2.24) is 20.0 Å². The SMILES string of the molecule is O=COCCN1CCN(Cc2nnc(-c3cc(Cl)ccc3F)o2)CC1. The van der Waals surface area contributed by atoms with Crippen LogP contribution in [0.2, 0.25) is 5.02 Å². The van der Waals surface area contributed by atoms with E-state index in [9.17, 15) is 9.18 Å². The Hall–Kier alpha value is -2.03. The van der Waals surface area contributed by atoms with Gasteiger partial charge in [-0.15, -0.1) is 10.2 Å². The van der Waals surface area contributed by atoms with E-state index in [1.54, 1.807) is 0 Å². The van der Waals surface area contributed by atoms with Gasteiger partial charge in [-0.3, -0.25) is 14.6 Å². The summed E-state index contributed by atoms with van der Waals surface area (Å²) in [7, 11) is 0. The van der Waals surface area contributed by atoms with E-state index in [4.69, 9.17) is 20.8 Å². The van der Waals surface area contributed by atoms with Gasteiger partial charge in [-0.05, 0) is 18.2 Å². The van der Waals surface area contributed by atoms with Gasteiger partial charge in [0, 0.05) is 37.7 Å². The number of rotatable bonds is 7. The van der Waals surface area contributed by atoms with Crippen LogP contribution in [0.1, 0.15) is 5.89 Å². The fourth-order valence-corrected chi connectivity index (χ4v) is 2.85. The molecule has 0 saturated carbocycles. The van der Waals surface area contributed by atoms with E-state index in [-0.39, 0.29) is 11.5 Å². The summed E-state index contributed by atoms with van der Waals surface area (Å²) in [6.45, 7) is 5.51. The molecule has 1 fully saturated rings. The van der Waals surface area contributed by atoms with Crippen molar-refractivity contribution in [3.63, 3.8) is 0 Å². The standard InChI is InChI=1S/C16H18ClFN4O3/c17-12-1-2-14(18)13(9-12)16-20-19-15(25-16)10-22-5-3-21(4-6-22)7-8-24-11-23/h1-2,9,11H,3-8,10H2. The second kappa shape index (κ2) is 8.37. The number of carbonyl (C=O) groups excluding carboxylic acids is 1. The number of piperazine rings is 1. The minimum Gasteiger partial charge on any atom is -0.467 e. The Bertz CT molecular complexity index is 719. The van der Waals surface area contributed by atoms with Gasteiger partial charge < -0.3 is 9.15 Å². The minimum atomic E-state index is -0.453. The van der Waals surface area contributed by atoms with E-state index in [1.807, 2.05) is 0 Å². The summed E-state index contributed by atoms with van der Waals surface area (Å²) in [6, 6.07) is 4.21. The number of halogens is 2. The summed E-state index contributed by atoms with van der Waals surface area (Å²) >= 11 is 5.89. The Morgan fingerprint density at radius 3 is 2.76 bits per heavy atom. The predicted molar refractivity (Wildman–Crippen MR) is 88.4 cm³/mol. The minimum absolute atomic E-state index is 0.125. The van der Waals surface area contributed by atoms with Gasteiger partial charge in [0.25, 0.3) is 12.4 Å². The molecule has 9 heteroatoms. The quantitative estimate of drug-likeness (QED) is 0.545. The molecule has 1 aliphatic heterocycles. The van der Waals surface area contributed by atoms with Crippen LogP contribution in [0.4, 0.5) is 4.39 Å². The van der Waals surface area contributed by atoms with E-state index in [0.29, 0.717) is 30.5 Å². The van der Waals surface area contributed by atoms with Gasteiger partial charge in [0.1, 0.15) is 12.4 Å². The third-order valence-electron chi connectivity index (χ3n) is 4.04. The molecule has 2 aromatic rings. The molecule has 0 aliphatic carbocycles. The summed E-state index contributed by atoms with van der Waals surface area (Å²) in [6.07, 6.45) is 0. The van der Waals surface area contributed by atoms with Gasteiger partial charge in [0.15, 0.2) is 0 Å². The van der Waals surface area contributed by atoms with E-state index in [0.717, 1.165) is 32.7 Å². The van der Waals surface area contributed by atoms with Crippen LogP contribution in [-0.2, 0) is 16.1 Å². The van der Waals surface area contributed by atoms with Gasteiger partial charge in [0.05, 0.1) is 12.1 Å². The van der Waals surface area contributed by atoms with E-state index < -0.39 is 5.82 Å². The summed E-state index contributed by atoms with van der Waals surface area (Å²) < 4.78 is 24.2. The highest BCUT2D eigenvalue weighted by molar-refractivity contribution is 6.30. The van der Waals surface area contributed by atoms with Gasteiger partial charge in [-0.25, -0.2) is 4.39 Å². The molecule has 134 valence electrons. The Morgan fingerprint density at radius 1 is 1.24 bits per heavy atom. The van der Waals surface area contributed by atoms with Crippen LogP contribution in [0.15, 0.2) is 22.6 Å². The molecule has 0 atom stereocenters. The molecular weight excluding hydrogens is 351 g/mol. The van der Waals surface area contributed by atoms with Crippen molar-refractivity contribution in [3.8, 4) is 11.5 Å². The lowest BCUT2D eigenvalue weighted by Gasteiger charge is -2.33. The largest absolute Gasteiger partial charge is 0.467 e. The molecule has 25 heavy (non-hydrogen) atoms. The van der Waals surface area contributed by atoms with Gasteiger partial charge in [-0.1, -0.05) is 11.6 Å². The van der Waals surface area contributed by atoms with Crippen molar-refractivity contribution in [2.45, 2.75) is 6.54 Å². The zero-order chi connectivity index (χ0) is 17.6. The molecule has 0 bridgehead atoms. The smallest absolute Gasteiger partial charge is 0.293 e. The maximum absolute atomic E-state index is 13.9. The van der Waals surface area contributed by atoms with Crippen molar-refractivity contribution in [2.24, 2.45) is 0 Å².